The third-order valence-electron chi connectivity index (χ3n) is 4.57. The molecule has 2 aromatic rings. The molecule has 0 bridgehead atoms. The number of piperazine rings is 1. The van der Waals surface area contributed by atoms with Gasteiger partial charge in [-0.15, -0.1) is 0 Å². The summed E-state index contributed by atoms with van der Waals surface area (Å²) in [5.41, 5.74) is 8.45. The van der Waals surface area contributed by atoms with Crippen molar-refractivity contribution in [1.29, 1.82) is 5.41 Å². The first-order chi connectivity index (χ1) is 13.0. The molecule has 0 aliphatic carbocycles. The predicted molar refractivity (Wildman–Crippen MR) is 113 cm³/mol. The summed E-state index contributed by atoms with van der Waals surface area (Å²) < 4.78 is 5.17. The highest BCUT2D eigenvalue weighted by Gasteiger charge is 2.19. The lowest BCUT2D eigenvalue weighted by molar-refractivity contribution is -0.143. The molecular formula is C21H29N5O2. The number of carbonyl (C=O) groups excluding carboxylic acids is 1. The van der Waals surface area contributed by atoms with E-state index in [1.54, 1.807) is 0 Å². The monoisotopic (exact) mass is 383 g/mol. The van der Waals surface area contributed by atoms with Crippen LogP contribution in [0.5, 0.6) is 0 Å². The molecule has 0 saturated carbocycles. The molecule has 1 saturated heterocycles. The number of benzene rings is 1. The van der Waals surface area contributed by atoms with E-state index in [4.69, 9.17) is 15.9 Å². The molecule has 0 spiro atoms. The molecule has 2 heterocycles. The van der Waals surface area contributed by atoms with Gasteiger partial charge in [0.25, 0.3) is 0 Å². The molecule has 1 fully saturated rings. The SMILES string of the molecule is C.Cc1cccnc1N1CCN(c2cccc(COC(=O)CC(=N)N)c2)CC1. The molecule has 1 aromatic heterocycles. The van der Waals surface area contributed by atoms with E-state index in [1.165, 1.54) is 5.56 Å². The fraction of sp³-hybridized carbons (Fsp3) is 0.381. The van der Waals surface area contributed by atoms with E-state index in [-0.39, 0.29) is 26.3 Å². The van der Waals surface area contributed by atoms with Gasteiger partial charge < -0.3 is 20.3 Å². The van der Waals surface area contributed by atoms with Crippen molar-refractivity contribution in [2.75, 3.05) is 36.0 Å². The van der Waals surface area contributed by atoms with Crippen molar-refractivity contribution in [2.24, 2.45) is 5.73 Å². The van der Waals surface area contributed by atoms with Crippen LogP contribution in [0.4, 0.5) is 11.5 Å². The van der Waals surface area contributed by atoms with Gasteiger partial charge in [-0.25, -0.2) is 4.98 Å². The van der Waals surface area contributed by atoms with Gasteiger partial charge in [0.1, 0.15) is 24.7 Å². The molecule has 3 rings (SSSR count). The summed E-state index contributed by atoms with van der Waals surface area (Å²) in [6.07, 6.45) is 1.67. The van der Waals surface area contributed by atoms with Crippen molar-refractivity contribution in [2.45, 2.75) is 27.4 Å². The first-order valence-electron chi connectivity index (χ1n) is 9.02. The molecule has 0 atom stereocenters. The summed E-state index contributed by atoms with van der Waals surface area (Å²) in [6, 6.07) is 12.1. The molecule has 1 aliphatic rings. The van der Waals surface area contributed by atoms with Gasteiger partial charge in [-0.1, -0.05) is 25.6 Å². The minimum Gasteiger partial charge on any atom is -0.460 e. The fourth-order valence-corrected chi connectivity index (χ4v) is 3.20. The Bertz CT molecular complexity index is 816. The Kier molecular flexibility index (Phi) is 7.37. The standard InChI is InChI=1S/C20H25N5O2.CH4/c1-15-4-3-7-23-20(15)25-10-8-24(9-11-25)17-6-2-5-16(12-17)14-27-19(26)13-18(21)22;/h2-7,12H,8-11,13-14H2,1H3,(H3,21,22);1H4. The maximum absolute atomic E-state index is 11.5. The number of nitrogens with zero attached hydrogens (tertiary/aromatic N) is 3. The van der Waals surface area contributed by atoms with Gasteiger partial charge in [0, 0.05) is 38.1 Å². The maximum Gasteiger partial charge on any atom is 0.313 e. The van der Waals surface area contributed by atoms with Crippen LogP contribution in [0.15, 0.2) is 42.6 Å². The van der Waals surface area contributed by atoms with Gasteiger partial charge in [0.15, 0.2) is 0 Å². The van der Waals surface area contributed by atoms with Gasteiger partial charge in [-0.3, -0.25) is 10.2 Å². The quantitative estimate of drug-likeness (QED) is 0.452. The zero-order valence-corrected chi connectivity index (χ0v) is 15.5. The Labute approximate surface area is 166 Å². The van der Waals surface area contributed by atoms with Crippen LogP contribution in [0.25, 0.3) is 0 Å². The number of rotatable bonds is 6. The highest BCUT2D eigenvalue weighted by Crippen LogP contribution is 2.22. The average Bonchev–Trinajstić information content (AvgIpc) is 2.67. The van der Waals surface area contributed by atoms with Gasteiger partial charge in [-0.05, 0) is 36.2 Å². The Balaban J connectivity index is 0.00000280. The first kappa shape index (κ1) is 21.2. The first-order valence-corrected chi connectivity index (χ1v) is 9.02. The number of nitrogens with one attached hydrogen (secondary N) is 1. The zero-order valence-electron chi connectivity index (χ0n) is 15.5. The third kappa shape index (κ3) is 5.45. The van der Waals surface area contributed by atoms with E-state index in [0.29, 0.717) is 0 Å². The van der Waals surface area contributed by atoms with E-state index in [0.717, 1.165) is 43.2 Å². The molecule has 1 aliphatic heterocycles. The lowest BCUT2D eigenvalue weighted by Gasteiger charge is -2.37. The number of anilines is 2. The molecule has 1 aromatic carbocycles. The van der Waals surface area contributed by atoms with E-state index < -0.39 is 5.97 Å². The van der Waals surface area contributed by atoms with E-state index in [9.17, 15) is 4.79 Å². The summed E-state index contributed by atoms with van der Waals surface area (Å²) in [6.45, 7) is 5.91. The van der Waals surface area contributed by atoms with Crippen molar-refractivity contribution in [3.8, 4) is 0 Å². The molecule has 150 valence electrons. The van der Waals surface area contributed by atoms with Crippen LogP contribution in [-0.2, 0) is 16.1 Å². The Morgan fingerprint density at radius 2 is 1.89 bits per heavy atom. The number of hydrogen-bond acceptors (Lipinski definition) is 6. The highest BCUT2D eigenvalue weighted by atomic mass is 16.5. The third-order valence-corrected chi connectivity index (χ3v) is 4.57. The smallest absolute Gasteiger partial charge is 0.313 e. The Morgan fingerprint density at radius 1 is 1.18 bits per heavy atom. The number of esters is 1. The number of carbonyl (C=O) groups is 1. The number of pyridine rings is 1. The minimum absolute atomic E-state index is 0. The number of amidine groups is 1. The topological polar surface area (TPSA) is 95.5 Å². The summed E-state index contributed by atoms with van der Waals surface area (Å²) in [7, 11) is 0. The van der Waals surface area contributed by atoms with Crippen LogP contribution in [0.2, 0.25) is 0 Å². The molecular weight excluding hydrogens is 354 g/mol. The van der Waals surface area contributed by atoms with Crippen LogP contribution in [0.3, 0.4) is 0 Å². The normalized spacial score (nSPS) is 13.6. The minimum atomic E-state index is -0.479. The summed E-state index contributed by atoms with van der Waals surface area (Å²) >= 11 is 0. The lowest BCUT2D eigenvalue weighted by atomic mass is 10.1. The van der Waals surface area contributed by atoms with Crippen LogP contribution < -0.4 is 15.5 Å². The second-order valence-corrected chi connectivity index (χ2v) is 6.65. The second-order valence-electron chi connectivity index (χ2n) is 6.65. The van der Waals surface area contributed by atoms with Crippen molar-refractivity contribution in [3.63, 3.8) is 0 Å². The summed E-state index contributed by atoms with van der Waals surface area (Å²) in [5, 5.41) is 7.13. The Morgan fingerprint density at radius 3 is 2.57 bits per heavy atom. The lowest BCUT2D eigenvalue weighted by Crippen LogP contribution is -2.47. The van der Waals surface area contributed by atoms with E-state index >= 15 is 0 Å². The van der Waals surface area contributed by atoms with Gasteiger partial charge in [0.2, 0.25) is 0 Å². The largest absolute Gasteiger partial charge is 0.460 e. The fourth-order valence-electron chi connectivity index (χ4n) is 3.20. The molecule has 7 nitrogen and oxygen atoms in total. The molecule has 0 radical (unpaired) electrons. The summed E-state index contributed by atoms with van der Waals surface area (Å²) in [4.78, 5) is 20.7. The molecule has 3 N–H and O–H groups in total. The molecule has 28 heavy (non-hydrogen) atoms. The maximum atomic E-state index is 11.5. The molecule has 0 amide bonds. The Hall–Kier alpha value is -3.09. The van der Waals surface area contributed by atoms with Gasteiger partial charge >= 0.3 is 5.97 Å². The van der Waals surface area contributed by atoms with Gasteiger partial charge in [-0.2, -0.15) is 0 Å². The zero-order chi connectivity index (χ0) is 19.2. The number of ether oxygens (including phenoxy) is 1. The number of hydrogen-bond donors (Lipinski definition) is 2. The van der Waals surface area contributed by atoms with Crippen LogP contribution >= 0.6 is 0 Å². The van der Waals surface area contributed by atoms with E-state index in [2.05, 4.69) is 33.8 Å². The van der Waals surface area contributed by atoms with Gasteiger partial charge in [0.05, 0.1) is 0 Å². The summed E-state index contributed by atoms with van der Waals surface area (Å²) in [5.74, 6) is 0.394. The van der Waals surface area contributed by atoms with Crippen LogP contribution in [0, 0.1) is 12.3 Å². The van der Waals surface area contributed by atoms with E-state index in [1.807, 2.05) is 30.5 Å². The van der Waals surface area contributed by atoms with Crippen molar-refractivity contribution < 1.29 is 9.53 Å². The average molecular weight is 383 g/mol. The highest BCUT2D eigenvalue weighted by molar-refractivity contribution is 5.94. The second kappa shape index (κ2) is 9.73. The van der Waals surface area contributed by atoms with Crippen molar-refractivity contribution in [3.05, 3.63) is 53.7 Å². The molecule has 7 heteroatoms. The number of nitrogens with two attached hydrogens (primary N) is 1. The molecule has 0 unspecified atom stereocenters. The number of aromatic nitrogens is 1. The van der Waals surface area contributed by atoms with Crippen molar-refractivity contribution >= 4 is 23.3 Å². The number of aryl methyl sites for hydroxylation is 1. The van der Waals surface area contributed by atoms with Crippen LogP contribution in [0.1, 0.15) is 25.0 Å². The van der Waals surface area contributed by atoms with Crippen LogP contribution in [-0.4, -0.2) is 43.0 Å². The predicted octanol–water partition coefficient (Wildman–Crippen LogP) is 2.72. The van der Waals surface area contributed by atoms with Crippen molar-refractivity contribution in [1.82, 2.24) is 4.98 Å².